The fourth-order valence-corrected chi connectivity index (χ4v) is 2.44. The highest BCUT2D eigenvalue weighted by molar-refractivity contribution is 7.99. The molecule has 0 heterocycles. The molecule has 1 amide bonds. The molecule has 2 atom stereocenters. The number of hydrogen-bond donors (Lipinski definition) is 2. The SMILES string of the molecule is CCSCC(C)NC(=O)CC(N)CC(C)(C)C. The van der Waals surface area contributed by atoms with Gasteiger partial charge in [0.25, 0.3) is 0 Å². The molecule has 0 spiro atoms. The van der Waals surface area contributed by atoms with Crippen molar-refractivity contribution in [2.45, 2.75) is 59.5 Å². The van der Waals surface area contributed by atoms with Crippen molar-refractivity contribution in [1.82, 2.24) is 5.32 Å². The predicted octanol–water partition coefficient (Wildman–Crippen LogP) is 2.40. The molecule has 3 N–H and O–H groups in total. The molecule has 17 heavy (non-hydrogen) atoms. The Morgan fingerprint density at radius 1 is 1.41 bits per heavy atom. The van der Waals surface area contributed by atoms with E-state index in [2.05, 4.69) is 33.0 Å². The van der Waals surface area contributed by atoms with E-state index in [-0.39, 0.29) is 23.4 Å². The van der Waals surface area contributed by atoms with E-state index in [1.165, 1.54) is 0 Å². The van der Waals surface area contributed by atoms with Crippen LogP contribution in [0.4, 0.5) is 0 Å². The average Bonchev–Trinajstić information content (AvgIpc) is 2.10. The standard InChI is InChI=1S/C13H28N2OS/c1-6-17-9-10(2)15-12(16)7-11(14)8-13(3,4)5/h10-11H,6-9,14H2,1-5H3,(H,15,16). The number of nitrogens with two attached hydrogens (primary N) is 1. The van der Waals surface area contributed by atoms with Gasteiger partial charge in [-0.15, -0.1) is 0 Å². The minimum atomic E-state index is -0.0407. The van der Waals surface area contributed by atoms with Crippen LogP contribution < -0.4 is 11.1 Å². The van der Waals surface area contributed by atoms with Gasteiger partial charge in [-0.2, -0.15) is 11.8 Å². The third-order valence-corrected chi connectivity index (χ3v) is 3.45. The number of rotatable bonds is 7. The van der Waals surface area contributed by atoms with Gasteiger partial charge in [0.15, 0.2) is 0 Å². The van der Waals surface area contributed by atoms with Gasteiger partial charge in [-0.1, -0.05) is 27.7 Å². The molecule has 0 aromatic carbocycles. The van der Waals surface area contributed by atoms with Gasteiger partial charge in [-0.3, -0.25) is 4.79 Å². The second-order valence-electron chi connectivity index (χ2n) is 5.86. The highest BCUT2D eigenvalue weighted by Gasteiger charge is 2.18. The van der Waals surface area contributed by atoms with Crippen molar-refractivity contribution in [3.63, 3.8) is 0 Å². The normalized spacial score (nSPS) is 15.4. The van der Waals surface area contributed by atoms with Crippen LogP contribution in [0.5, 0.6) is 0 Å². The lowest BCUT2D eigenvalue weighted by Gasteiger charge is -2.23. The number of thioether (sulfide) groups is 1. The number of carbonyl (C=O) groups excluding carboxylic acids is 1. The first-order chi connectivity index (χ1) is 7.74. The van der Waals surface area contributed by atoms with Gasteiger partial charge in [0.05, 0.1) is 0 Å². The summed E-state index contributed by atoms with van der Waals surface area (Å²) in [5, 5.41) is 2.99. The largest absolute Gasteiger partial charge is 0.353 e. The van der Waals surface area contributed by atoms with E-state index in [9.17, 15) is 4.79 Å². The Bertz CT molecular complexity index is 226. The quantitative estimate of drug-likeness (QED) is 0.739. The minimum Gasteiger partial charge on any atom is -0.353 e. The molecule has 2 unspecified atom stereocenters. The van der Waals surface area contributed by atoms with Crippen LogP contribution in [0.15, 0.2) is 0 Å². The molecule has 0 fully saturated rings. The first-order valence-corrected chi connectivity index (χ1v) is 7.52. The van der Waals surface area contributed by atoms with Crippen LogP contribution >= 0.6 is 11.8 Å². The maximum atomic E-state index is 11.7. The van der Waals surface area contributed by atoms with Crippen LogP contribution in [-0.2, 0) is 4.79 Å². The van der Waals surface area contributed by atoms with Gasteiger partial charge < -0.3 is 11.1 Å². The van der Waals surface area contributed by atoms with Gasteiger partial charge >= 0.3 is 0 Å². The summed E-state index contributed by atoms with van der Waals surface area (Å²) in [6, 6.07) is 0.190. The molecule has 0 saturated heterocycles. The first kappa shape index (κ1) is 16.8. The third-order valence-electron chi connectivity index (χ3n) is 2.30. The first-order valence-electron chi connectivity index (χ1n) is 6.37. The Balaban J connectivity index is 3.85. The van der Waals surface area contributed by atoms with Gasteiger partial charge in [0.2, 0.25) is 5.91 Å². The van der Waals surface area contributed by atoms with E-state index < -0.39 is 0 Å². The Morgan fingerprint density at radius 2 is 2.00 bits per heavy atom. The maximum absolute atomic E-state index is 11.7. The summed E-state index contributed by atoms with van der Waals surface area (Å²) >= 11 is 1.84. The van der Waals surface area contributed by atoms with Crippen molar-refractivity contribution < 1.29 is 4.79 Å². The molecule has 0 aromatic heterocycles. The Kier molecular flexibility index (Phi) is 7.88. The molecule has 0 rings (SSSR count). The zero-order valence-corrected chi connectivity index (χ0v) is 12.7. The van der Waals surface area contributed by atoms with E-state index in [1.54, 1.807) is 0 Å². The molecule has 0 saturated carbocycles. The van der Waals surface area contributed by atoms with Crippen molar-refractivity contribution in [2.75, 3.05) is 11.5 Å². The number of carbonyl (C=O) groups is 1. The lowest BCUT2D eigenvalue weighted by atomic mass is 9.87. The summed E-state index contributed by atoms with van der Waals surface area (Å²) in [5.41, 5.74) is 6.15. The molecule has 102 valence electrons. The molecule has 0 radical (unpaired) electrons. The number of hydrogen-bond acceptors (Lipinski definition) is 3. The van der Waals surface area contributed by atoms with Crippen LogP contribution in [0.3, 0.4) is 0 Å². The van der Waals surface area contributed by atoms with E-state index in [0.717, 1.165) is 17.9 Å². The molecule has 3 nitrogen and oxygen atoms in total. The zero-order valence-electron chi connectivity index (χ0n) is 11.9. The molecular weight excluding hydrogens is 232 g/mol. The van der Waals surface area contributed by atoms with Crippen molar-refractivity contribution in [3.8, 4) is 0 Å². The van der Waals surface area contributed by atoms with E-state index in [4.69, 9.17) is 5.73 Å². The summed E-state index contributed by atoms with van der Waals surface area (Å²) in [6.45, 7) is 10.6. The number of amides is 1. The highest BCUT2D eigenvalue weighted by atomic mass is 32.2. The lowest BCUT2D eigenvalue weighted by Crippen LogP contribution is -2.39. The van der Waals surface area contributed by atoms with Crippen molar-refractivity contribution in [2.24, 2.45) is 11.1 Å². The molecule has 0 aliphatic carbocycles. The topological polar surface area (TPSA) is 55.1 Å². The van der Waals surface area contributed by atoms with Crippen molar-refractivity contribution >= 4 is 17.7 Å². The van der Waals surface area contributed by atoms with Crippen LogP contribution in [-0.4, -0.2) is 29.5 Å². The summed E-state index contributed by atoms with van der Waals surface area (Å²) < 4.78 is 0. The molecule has 0 aliphatic heterocycles. The monoisotopic (exact) mass is 260 g/mol. The average molecular weight is 260 g/mol. The Labute approximate surface area is 110 Å². The second kappa shape index (κ2) is 7.98. The summed E-state index contributed by atoms with van der Waals surface area (Å²) in [4.78, 5) is 11.7. The minimum absolute atomic E-state index is 0.0407. The van der Waals surface area contributed by atoms with Crippen LogP contribution in [0, 0.1) is 5.41 Å². The van der Waals surface area contributed by atoms with Gasteiger partial charge in [-0.25, -0.2) is 0 Å². The lowest BCUT2D eigenvalue weighted by molar-refractivity contribution is -0.122. The maximum Gasteiger partial charge on any atom is 0.221 e. The van der Waals surface area contributed by atoms with Gasteiger partial charge in [0.1, 0.15) is 0 Å². The van der Waals surface area contributed by atoms with Crippen LogP contribution in [0.25, 0.3) is 0 Å². The summed E-state index contributed by atoms with van der Waals surface area (Å²) in [5.74, 6) is 2.13. The van der Waals surface area contributed by atoms with Gasteiger partial charge in [0, 0.05) is 24.3 Å². The Hall–Kier alpha value is -0.220. The molecule has 4 heteroatoms. The fourth-order valence-electron chi connectivity index (χ4n) is 1.77. The number of nitrogens with one attached hydrogen (secondary N) is 1. The van der Waals surface area contributed by atoms with E-state index >= 15 is 0 Å². The fraction of sp³-hybridized carbons (Fsp3) is 0.923. The van der Waals surface area contributed by atoms with E-state index in [1.807, 2.05) is 18.7 Å². The summed E-state index contributed by atoms with van der Waals surface area (Å²) in [7, 11) is 0. The van der Waals surface area contributed by atoms with E-state index in [0.29, 0.717) is 6.42 Å². The van der Waals surface area contributed by atoms with Crippen molar-refractivity contribution in [3.05, 3.63) is 0 Å². The van der Waals surface area contributed by atoms with Crippen LogP contribution in [0.2, 0.25) is 0 Å². The smallest absolute Gasteiger partial charge is 0.221 e. The molecule has 0 aliphatic rings. The molecule has 0 bridgehead atoms. The highest BCUT2D eigenvalue weighted by Crippen LogP contribution is 2.20. The molecular formula is C13H28N2OS. The molecule has 0 aromatic rings. The predicted molar refractivity (Wildman–Crippen MR) is 77.3 cm³/mol. The van der Waals surface area contributed by atoms with Crippen LogP contribution in [0.1, 0.15) is 47.5 Å². The van der Waals surface area contributed by atoms with Gasteiger partial charge in [-0.05, 0) is 24.5 Å². The summed E-state index contributed by atoms with van der Waals surface area (Å²) in [6.07, 6.45) is 1.30. The van der Waals surface area contributed by atoms with Crippen molar-refractivity contribution in [1.29, 1.82) is 0 Å². The second-order valence-corrected chi connectivity index (χ2v) is 7.18. The Morgan fingerprint density at radius 3 is 2.47 bits per heavy atom. The zero-order chi connectivity index (χ0) is 13.5. The third kappa shape index (κ3) is 10.6.